The highest BCUT2D eigenvalue weighted by atomic mass is 32.2. The maximum atomic E-state index is 13.3. The van der Waals surface area contributed by atoms with E-state index in [0.29, 0.717) is 6.07 Å². The number of halogens is 3. The van der Waals surface area contributed by atoms with Crippen LogP contribution in [0.25, 0.3) is 0 Å². The van der Waals surface area contributed by atoms with Crippen molar-refractivity contribution in [3.05, 3.63) is 63.7 Å². The van der Waals surface area contributed by atoms with Gasteiger partial charge < -0.3 is 9.64 Å². The summed E-state index contributed by atoms with van der Waals surface area (Å²) in [5.74, 6) is -0.589. The lowest BCUT2D eigenvalue weighted by Crippen LogP contribution is -2.50. The molecular weight excluding hydrogens is 455 g/mol. The summed E-state index contributed by atoms with van der Waals surface area (Å²) >= 11 is 0. The molecule has 1 heterocycles. The third-order valence-corrected chi connectivity index (χ3v) is 6.92. The Kier molecular flexibility index (Phi) is 6.41. The zero-order valence-corrected chi connectivity index (χ0v) is 17.5. The summed E-state index contributed by atoms with van der Waals surface area (Å²) in [6.45, 7) is -0.630. The van der Waals surface area contributed by atoms with Gasteiger partial charge in [-0.1, -0.05) is 12.1 Å². The minimum atomic E-state index is -4.84. The Morgan fingerprint density at radius 3 is 2.28 bits per heavy atom. The minimum absolute atomic E-state index is 0.0104. The number of benzene rings is 2. The molecule has 2 aromatic carbocycles. The van der Waals surface area contributed by atoms with Crippen molar-refractivity contribution < 1.29 is 36.0 Å². The fourth-order valence-corrected chi connectivity index (χ4v) is 4.98. The number of nitro groups is 1. The molecular formula is C19H18F3N3O6S. The minimum Gasteiger partial charge on any atom is -0.490 e. The summed E-state index contributed by atoms with van der Waals surface area (Å²) in [5, 5.41) is 11.2. The number of nitro benzene ring substituents is 1. The van der Waals surface area contributed by atoms with Crippen molar-refractivity contribution in [1.82, 2.24) is 9.21 Å². The fraction of sp³-hybridized carbons (Fsp3) is 0.316. The van der Waals surface area contributed by atoms with Crippen LogP contribution in [0.3, 0.4) is 0 Å². The number of amides is 1. The molecule has 0 unspecified atom stereocenters. The number of hydrogen-bond acceptors (Lipinski definition) is 6. The van der Waals surface area contributed by atoms with Crippen LogP contribution in [-0.2, 0) is 16.2 Å². The number of methoxy groups -OCH3 is 1. The van der Waals surface area contributed by atoms with E-state index >= 15 is 0 Å². The first-order valence-electron chi connectivity index (χ1n) is 9.25. The van der Waals surface area contributed by atoms with E-state index in [0.717, 1.165) is 22.5 Å². The molecule has 0 radical (unpaired) electrons. The molecule has 0 aliphatic carbocycles. The smallest absolute Gasteiger partial charge is 0.417 e. The molecule has 2 aromatic rings. The average molecular weight is 473 g/mol. The topological polar surface area (TPSA) is 110 Å². The molecule has 0 aromatic heterocycles. The molecule has 9 nitrogen and oxygen atoms in total. The van der Waals surface area contributed by atoms with Gasteiger partial charge in [0.25, 0.3) is 5.91 Å². The number of carbonyl (C=O) groups is 1. The van der Waals surface area contributed by atoms with Gasteiger partial charge in [-0.25, -0.2) is 8.42 Å². The number of carbonyl (C=O) groups excluding carboxylic acids is 1. The predicted octanol–water partition coefficient (Wildman–Crippen LogP) is 2.77. The molecule has 1 fully saturated rings. The van der Waals surface area contributed by atoms with Gasteiger partial charge in [0, 0.05) is 37.8 Å². The Morgan fingerprint density at radius 2 is 1.72 bits per heavy atom. The molecule has 0 saturated carbocycles. The number of alkyl halides is 3. The lowest BCUT2D eigenvalue weighted by atomic mass is 10.1. The third-order valence-electron chi connectivity index (χ3n) is 4.96. The highest BCUT2D eigenvalue weighted by molar-refractivity contribution is 7.89. The summed E-state index contributed by atoms with van der Waals surface area (Å²) in [7, 11) is -3.20. The highest BCUT2D eigenvalue weighted by Crippen LogP contribution is 2.35. The Balaban J connectivity index is 1.78. The fourth-order valence-electron chi connectivity index (χ4n) is 3.34. The van der Waals surface area contributed by atoms with E-state index in [-0.39, 0.29) is 37.5 Å². The summed E-state index contributed by atoms with van der Waals surface area (Å²) in [4.78, 5) is 23.6. The summed E-state index contributed by atoms with van der Waals surface area (Å²) < 4.78 is 71.2. The molecule has 32 heavy (non-hydrogen) atoms. The molecule has 1 amide bonds. The molecule has 13 heteroatoms. The third kappa shape index (κ3) is 4.53. The second-order valence-corrected chi connectivity index (χ2v) is 8.74. The van der Waals surface area contributed by atoms with E-state index in [1.165, 1.54) is 30.2 Å². The van der Waals surface area contributed by atoms with Crippen LogP contribution in [0.4, 0.5) is 18.9 Å². The maximum absolute atomic E-state index is 13.3. The summed E-state index contributed by atoms with van der Waals surface area (Å²) in [5.41, 5.74) is -1.65. The van der Waals surface area contributed by atoms with Gasteiger partial charge in [0.1, 0.15) is 0 Å². The van der Waals surface area contributed by atoms with Crippen molar-refractivity contribution in [3.8, 4) is 5.75 Å². The molecule has 0 atom stereocenters. The van der Waals surface area contributed by atoms with Crippen LogP contribution in [-0.4, -0.2) is 61.7 Å². The molecule has 172 valence electrons. The highest BCUT2D eigenvalue weighted by Gasteiger charge is 2.40. The normalized spacial score (nSPS) is 15.4. The zero-order chi connectivity index (χ0) is 23.7. The zero-order valence-electron chi connectivity index (χ0n) is 16.7. The first-order valence-corrected chi connectivity index (χ1v) is 10.7. The number of hydrogen-bond donors (Lipinski definition) is 0. The molecule has 1 saturated heterocycles. The number of sulfonamides is 1. The second kappa shape index (κ2) is 8.74. The van der Waals surface area contributed by atoms with Crippen LogP contribution >= 0.6 is 0 Å². The summed E-state index contributed by atoms with van der Waals surface area (Å²) in [6.07, 6.45) is -4.84. The van der Waals surface area contributed by atoms with Gasteiger partial charge in [-0.3, -0.25) is 14.9 Å². The van der Waals surface area contributed by atoms with Gasteiger partial charge in [0.05, 0.1) is 22.5 Å². The lowest BCUT2D eigenvalue weighted by Gasteiger charge is -2.34. The van der Waals surface area contributed by atoms with E-state index in [1.54, 1.807) is 0 Å². The lowest BCUT2D eigenvalue weighted by molar-refractivity contribution is -0.385. The molecule has 1 aliphatic heterocycles. The predicted molar refractivity (Wildman–Crippen MR) is 106 cm³/mol. The van der Waals surface area contributed by atoms with Gasteiger partial charge in [-0.05, 0) is 24.3 Å². The standard InChI is InChI=1S/C19H18F3N3O6S/c1-31-16-7-6-13(12-15(16)25(27)28)18(26)23-8-10-24(11-9-23)32(29,30)17-5-3-2-4-14(17)19(20,21)22/h2-7,12H,8-11H2,1H3. The Morgan fingerprint density at radius 1 is 1.09 bits per heavy atom. The van der Waals surface area contributed by atoms with Crippen molar-refractivity contribution in [1.29, 1.82) is 0 Å². The summed E-state index contributed by atoms with van der Waals surface area (Å²) in [6, 6.07) is 7.58. The number of rotatable bonds is 5. The maximum Gasteiger partial charge on any atom is 0.417 e. The van der Waals surface area contributed by atoms with E-state index < -0.39 is 43.2 Å². The Labute approximate surface area is 181 Å². The molecule has 0 bridgehead atoms. The van der Waals surface area contributed by atoms with Gasteiger partial charge in [0.15, 0.2) is 5.75 Å². The molecule has 1 aliphatic rings. The monoisotopic (exact) mass is 473 g/mol. The Bertz CT molecular complexity index is 1150. The molecule has 0 N–H and O–H groups in total. The SMILES string of the molecule is COc1ccc(C(=O)N2CCN(S(=O)(=O)c3ccccc3C(F)(F)F)CC2)cc1[N+](=O)[O-]. The van der Waals surface area contributed by atoms with Crippen molar-refractivity contribution in [2.24, 2.45) is 0 Å². The van der Waals surface area contributed by atoms with Crippen molar-refractivity contribution in [3.63, 3.8) is 0 Å². The van der Waals surface area contributed by atoms with Crippen LogP contribution in [0.5, 0.6) is 5.75 Å². The van der Waals surface area contributed by atoms with Gasteiger partial charge in [0.2, 0.25) is 10.0 Å². The molecule has 3 rings (SSSR count). The number of nitrogens with zero attached hydrogens (tertiary/aromatic N) is 3. The van der Waals surface area contributed by atoms with Crippen LogP contribution < -0.4 is 4.74 Å². The largest absolute Gasteiger partial charge is 0.490 e. The van der Waals surface area contributed by atoms with E-state index in [2.05, 4.69) is 0 Å². The van der Waals surface area contributed by atoms with Crippen molar-refractivity contribution in [2.75, 3.05) is 33.3 Å². The van der Waals surface area contributed by atoms with Crippen molar-refractivity contribution in [2.45, 2.75) is 11.1 Å². The number of ether oxygens (including phenoxy) is 1. The van der Waals surface area contributed by atoms with Crippen molar-refractivity contribution >= 4 is 21.6 Å². The van der Waals surface area contributed by atoms with E-state index in [4.69, 9.17) is 4.74 Å². The van der Waals surface area contributed by atoms with Gasteiger partial charge >= 0.3 is 11.9 Å². The van der Waals surface area contributed by atoms with Crippen LogP contribution in [0.2, 0.25) is 0 Å². The van der Waals surface area contributed by atoms with Gasteiger partial charge in [-0.15, -0.1) is 0 Å². The van der Waals surface area contributed by atoms with Crippen LogP contribution in [0, 0.1) is 10.1 Å². The van der Waals surface area contributed by atoms with Gasteiger partial charge in [-0.2, -0.15) is 17.5 Å². The number of piperazine rings is 1. The second-order valence-electron chi connectivity index (χ2n) is 6.83. The van der Waals surface area contributed by atoms with E-state index in [1.807, 2.05) is 0 Å². The first kappa shape index (κ1) is 23.5. The van der Waals surface area contributed by atoms with Crippen LogP contribution in [0.1, 0.15) is 15.9 Å². The quantitative estimate of drug-likeness (QED) is 0.488. The van der Waals surface area contributed by atoms with E-state index in [9.17, 15) is 36.5 Å². The first-order chi connectivity index (χ1) is 15.0. The average Bonchev–Trinajstić information content (AvgIpc) is 2.77. The molecule has 0 spiro atoms. The van der Waals surface area contributed by atoms with Crippen LogP contribution in [0.15, 0.2) is 47.4 Å². The Hall–Kier alpha value is -3.19.